The van der Waals surface area contributed by atoms with E-state index in [1.807, 2.05) is 45.0 Å². The summed E-state index contributed by atoms with van der Waals surface area (Å²) in [6.07, 6.45) is 1.36. The highest BCUT2D eigenvalue weighted by Crippen LogP contribution is 2.31. The quantitative estimate of drug-likeness (QED) is 0.443. The molecule has 0 aliphatic rings. The summed E-state index contributed by atoms with van der Waals surface area (Å²) in [5.74, 6) is -0.494. The molecule has 10 heteroatoms. The second-order valence-corrected chi connectivity index (χ2v) is 11.6. The molecule has 0 aliphatic heterocycles. The van der Waals surface area contributed by atoms with Crippen molar-refractivity contribution in [2.24, 2.45) is 0 Å². The summed E-state index contributed by atoms with van der Waals surface area (Å²) in [6, 6.07) is 11.6. The van der Waals surface area contributed by atoms with Gasteiger partial charge in [-0.2, -0.15) is 0 Å². The lowest BCUT2D eigenvalue weighted by atomic mass is 10.1. The molecule has 0 radical (unpaired) electrons. The zero-order valence-corrected chi connectivity index (χ0v) is 23.0. The Balaban J connectivity index is 2.20. The number of aryl methyl sites for hydroxylation is 1. The molecule has 1 atom stereocenters. The number of carbonyl (C=O) groups excluding carboxylic acids is 2. The summed E-state index contributed by atoms with van der Waals surface area (Å²) in [7, 11) is -3.67. The summed E-state index contributed by atoms with van der Waals surface area (Å²) in [5.41, 5.74) is 2.25. The maximum atomic E-state index is 13.3. The van der Waals surface area contributed by atoms with Crippen LogP contribution in [0, 0.1) is 6.92 Å². The van der Waals surface area contributed by atoms with Crippen LogP contribution in [0.4, 0.5) is 5.69 Å². The molecule has 1 N–H and O–H groups in total. The Labute approximate surface area is 218 Å². The van der Waals surface area contributed by atoms with Gasteiger partial charge in [0, 0.05) is 30.6 Å². The minimum absolute atomic E-state index is 0.0373. The van der Waals surface area contributed by atoms with Crippen molar-refractivity contribution in [1.29, 1.82) is 0 Å². The Morgan fingerprint density at radius 3 is 2.23 bits per heavy atom. The third-order valence-corrected chi connectivity index (χ3v) is 7.14. The van der Waals surface area contributed by atoms with E-state index in [4.69, 9.17) is 23.2 Å². The van der Waals surface area contributed by atoms with Crippen molar-refractivity contribution >= 4 is 50.7 Å². The number of rotatable bonds is 11. The van der Waals surface area contributed by atoms with Crippen LogP contribution in [-0.2, 0) is 26.2 Å². The molecule has 2 rings (SSSR count). The van der Waals surface area contributed by atoms with Gasteiger partial charge in [0.25, 0.3) is 0 Å². The monoisotopic (exact) mass is 541 g/mol. The Morgan fingerprint density at radius 1 is 1.03 bits per heavy atom. The lowest BCUT2D eigenvalue weighted by Gasteiger charge is -2.30. The third kappa shape index (κ3) is 8.70. The molecule has 2 aromatic rings. The van der Waals surface area contributed by atoms with Gasteiger partial charge in [0.05, 0.1) is 17.0 Å². The highest BCUT2D eigenvalue weighted by Gasteiger charge is 2.27. The van der Waals surface area contributed by atoms with Gasteiger partial charge in [-0.15, -0.1) is 0 Å². The van der Waals surface area contributed by atoms with E-state index in [-0.39, 0.29) is 54.5 Å². The minimum Gasteiger partial charge on any atom is -0.352 e. The molecule has 192 valence electrons. The van der Waals surface area contributed by atoms with Crippen LogP contribution in [-0.4, -0.2) is 50.0 Å². The van der Waals surface area contributed by atoms with Gasteiger partial charge >= 0.3 is 0 Å². The van der Waals surface area contributed by atoms with Gasteiger partial charge < -0.3 is 10.2 Å². The number of amides is 2. The Morgan fingerprint density at radius 2 is 1.66 bits per heavy atom. The van der Waals surface area contributed by atoms with Crippen molar-refractivity contribution in [2.75, 3.05) is 17.1 Å². The van der Waals surface area contributed by atoms with Gasteiger partial charge in [0.15, 0.2) is 0 Å². The molecule has 0 aromatic heterocycles. The lowest BCUT2D eigenvalue weighted by molar-refractivity contribution is -0.140. The maximum absolute atomic E-state index is 13.3. The SMILES string of the molecule is Cc1ccc(CN(C(=O)CCCN(c2cc(Cl)ccc2Cl)S(C)(=O)=O)C(C)C(=O)NC(C)C)cc1. The van der Waals surface area contributed by atoms with Crippen LogP contribution in [0.5, 0.6) is 0 Å². The van der Waals surface area contributed by atoms with E-state index in [0.29, 0.717) is 5.02 Å². The zero-order chi connectivity index (χ0) is 26.3. The molecule has 35 heavy (non-hydrogen) atoms. The predicted molar refractivity (Wildman–Crippen MR) is 142 cm³/mol. The summed E-state index contributed by atoms with van der Waals surface area (Å²) in [4.78, 5) is 27.5. The van der Waals surface area contributed by atoms with E-state index in [9.17, 15) is 18.0 Å². The Hall–Kier alpha value is -2.29. The molecule has 1 unspecified atom stereocenters. The molecular weight excluding hydrogens is 509 g/mol. The van der Waals surface area contributed by atoms with E-state index in [1.54, 1.807) is 13.0 Å². The molecule has 7 nitrogen and oxygen atoms in total. The normalized spacial score (nSPS) is 12.3. The number of nitrogens with one attached hydrogen (secondary N) is 1. The summed E-state index contributed by atoms with van der Waals surface area (Å²) in [5, 5.41) is 3.44. The first kappa shape index (κ1) is 28.9. The fraction of sp³-hybridized carbons (Fsp3) is 0.440. The summed E-state index contributed by atoms with van der Waals surface area (Å²) >= 11 is 12.3. The van der Waals surface area contributed by atoms with Gasteiger partial charge in [0.2, 0.25) is 21.8 Å². The third-order valence-electron chi connectivity index (χ3n) is 5.40. The molecule has 2 aromatic carbocycles. The molecular formula is C25H33Cl2N3O4S. The topological polar surface area (TPSA) is 86.8 Å². The number of benzene rings is 2. The highest BCUT2D eigenvalue weighted by molar-refractivity contribution is 7.92. The van der Waals surface area contributed by atoms with Crippen molar-refractivity contribution in [2.45, 2.75) is 59.2 Å². The van der Waals surface area contributed by atoms with Crippen molar-refractivity contribution in [3.8, 4) is 0 Å². The second-order valence-electron chi connectivity index (χ2n) is 8.88. The number of hydrogen-bond donors (Lipinski definition) is 1. The number of halogens is 2. The smallest absolute Gasteiger partial charge is 0.242 e. The maximum Gasteiger partial charge on any atom is 0.242 e. The van der Waals surface area contributed by atoms with Crippen LogP contribution in [0.25, 0.3) is 0 Å². The minimum atomic E-state index is -3.67. The van der Waals surface area contributed by atoms with Crippen LogP contribution in [0.2, 0.25) is 10.0 Å². The van der Waals surface area contributed by atoms with Gasteiger partial charge in [0.1, 0.15) is 6.04 Å². The van der Waals surface area contributed by atoms with Crippen LogP contribution in [0.1, 0.15) is 44.7 Å². The van der Waals surface area contributed by atoms with E-state index >= 15 is 0 Å². The first-order valence-corrected chi connectivity index (χ1v) is 14.0. The fourth-order valence-electron chi connectivity index (χ4n) is 3.54. The average Bonchev–Trinajstić information content (AvgIpc) is 2.76. The largest absolute Gasteiger partial charge is 0.352 e. The molecule has 2 amide bonds. The summed E-state index contributed by atoms with van der Waals surface area (Å²) in [6.45, 7) is 7.69. The molecule has 0 saturated heterocycles. The second kappa shape index (κ2) is 12.6. The van der Waals surface area contributed by atoms with Gasteiger partial charge in [-0.1, -0.05) is 53.0 Å². The van der Waals surface area contributed by atoms with Crippen LogP contribution in [0.3, 0.4) is 0 Å². The van der Waals surface area contributed by atoms with E-state index in [0.717, 1.165) is 21.7 Å². The molecule has 0 aliphatic carbocycles. The molecule has 0 bridgehead atoms. The lowest BCUT2D eigenvalue weighted by Crippen LogP contribution is -2.49. The van der Waals surface area contributed by atoms with Crippen molar-refractivity contribution in [1.82, 2.24) is 10.2 Å². The number of nitrogens with zero attached hydrogens (tertiary/aromatic N) is 2. The van der Waals surface area contributed by atoms with Crippen LogP contribution in [0.15, 0.2) is 42.5 Å². The van der Waals surface area contributed by atoms with Gasteiger partial charge in [-0.05, 0) is 57.9 Å². The number of anilines is 1. The molecule has 0 fully saturated rings. The Kier molecular flexibility index (Phi) is 10.4. The van der Waals surface area contributed by atoms with Crippen LogP contribution >= 0.6 is 23.2 Å². The standard InChI is InChI=1S/C25H33Cl2N3O4S/c1-17(2)28-25(32)19(4)29(16-20-10-8-18(3)9-11-20)24(31)7-6-14-30(35(5,33)34)23-15-21(26)12-13-22(23)27/h8-13,15,17,19H,6-7,14,16H2,1-5H3,(H,28,32). The van der Waals surface area contributed by atoms with Crippen LogP contribution < -0.4 is 9.62 Å². The highest BCUT2D eigenvalue weighted by atomic mass is 35.5. The zero-order valence-electron chi connectivity index (χ0n) is 20.7. The first-order valence-electron chi connectivity index (χ1n) is 11.4. The Bertz CT molecular complexity index is 1140. The van der Waals surface area contributed by atoms with E-state index in [2.05, 4.69) is 5.32 Å². The molecule has 0 spiro atoms. The predicted octanol–water partition coefficient (Wildman–Crippen LogP) is 4.79. The number of carbonyl (C=O) groups is 2. The first-order chi connectivity index (χ1) is 16.3. The fourth-order valence-corrected chi connectivity index (χ4v) is 4.94. The number of hydrogen-bond acceptors (Lipinski definition) is 4. The van der Waals surface area contributed by atoms with Crippen molar-refractivity contribution in [3.05, 3.63) is 63.6 Å². The van der Waals surface area contributed by atoms with Gasteiger partial charge in [-0.3, -0.25) is 13.9 Å². The van der Waals surface area contributed by atoms with Crippen molar-refractivity contribution < 1.29 is 18.0 Å². The molecule has 0 heterocycles. The molecule has 0 saturated carbocycles. The summed E-state index contributed by atoms with van der Waals surface area (Å²) < 4.78 is 26.0. The van der Waals surface area contributed by atoms with E-state index in [1.165, 1.54) is 17.0 Å². The number of sulfonamides is 1. The van der Waals surface area contributed by atoms with Gasteiger partial charge in [-0.25, -0.2) is 8.42 Å². The van der Waals surface area contributed by atoms with E-state index < -0.39 is 16.1 Å². The van der Waals surface area contributed by atoms with Crippen molar-refractivity contribution in [3.63, 3.8) is 0 Å². The average molecular weight is 543 g/mol.